The van der Waals surface area contributed by atoms with Crippen molar-refractivity contribution in [2.45, 2.75) is 6.92 Å². The maximum Gasteiger partial charge on any atom is 0.276 e. The monoisotopic (exact) mass is 623 g/mol. The highest BCUT2D eigenvalue weighted by Crippen LogP contribution is 2.34. The highest BCUT2D eigenvalue weighted by molar-refractivity contribution is 9.11. The SMILES string of the molecule is CCOCCOc1ccc(C(=O)NC(=S)NNC(=O)COc2ccc3cc(Br)ccc3c2Br)cc1. The van der Waals surface area contributed by atoms with Gasteiger partial charge < -0.3 is 14.2 Å². The average Bonchev–Trinajstić information content (AvgIpc) is 2.85. The van der Waals surface area contributed by atoms with Crippen molar-refractivity contribution in [2.75, 3.05) is 26.4 Å². The van der Waals surface area contributed by atoms with E-state index in [1.165, 1.54) is 0 Å². The third-order valence-electron chi connectivity index (χ3n) is 4.60. The molecule has 3 rings (SSSR count). The maximum absolute atomic E-state index is 12.3. The molecule has 0 spiro atoms. The minimum Gasteiger partial charge on any atom is -0.491 e. The normalized spacial score (nSPS) is 10.5. The lowest BCUT2D eigenvalue weighted by Crippen LogP contribution is -2.49. The van der Waals surface area contributed by atoms with Gasteiger partial charge in [0, 0.05) is 16.6 Å². The number of hydrazine groups is 1. The molecule has 0 aliphatic rings. The summed E-state index contributed by atoms with van der Waals surface area (Å²) in [7, 11) is 0. The molecule has 0 unspecified atom stereocenters. The van der Waals surface area contributed by atoms with Gasteiger partial charge in [-0.3, -0.25) is 25.8 Å². The lowest BCUT2D eigenvalue weighted by molar-refractivity contribution is -0.123. The molecule has 3 N–H and O–H groups in total. The number of thiocarbonyl (C=S) groups is 1. The van der Waals surface area contributed by atoms with Crippen LogP contribution in [0.25, 0.3) is 10.8 Å². The summed E-state index contributed by atoms with van der Waals surface area (Å²) < 4.78 is 18.1. The molecular weight excluding hydrogens is 602 g/mol. The molecule has 3 aromatic rings. The summed E-state index contributed by atoms with van der Waals surface area (Å²) in [6.45, 7) is 3.20. The van der Waals surface area contributed by atoms with Crippen LogP contribution < -0.4 is 25.6 Å². The van der Waals surface area contributed by atoms with Crippen molar-refractivity contribution >= 4 is 71.8 Å². The zero-order valence-corrected chi connectivity index (χ0v) is 22.7. The molecule has 11 heteroatoms. The maximum atomic E-state index is 12.3. The first-order valence-corrected chi connectivity index (χ1v) is 12.6. The van der Waals surface area contributed by atoms with Gasteiger partial charge in [-0.2, -0.15) is 0 Å². The van der Waals surface area contributed by atoms with Crippen molar-refractivity contribution in [2.24, 2.45) is 0 Å². The summed E-state index contributed by atoms with van der Waals surface area (Å²) in [6.07, 6.45) is 0. The number of fused-ring (bicyclic) bond motifs is 1. The fraction of sp³-hybridized carbons (Fsp3) is 0.208. The lowest BCUT2D eigenvalue weighted by Gasteiger charge is -2.13. The summed E-state index contributed by atoms with van der Waals surface area (Å²) in [5.41, 5.74) is 5.26. The van der Waals surface area contributed by atoms with Crippen LogP contribution in [-0.4, -0.2) is 43.4 Å². The van der Waals surface area contributed by atoms with Gasteiger partial charge in [-0.15, -0.1) is 0 Å². The van der Waals surface area contributed by atoms with Gasteiger partial charge in [0.05, 0.1) is 11.1 Å². The lowest BCUT2D eigenvalue weighted by atomic mass is 10.1. The fourth-order valence-electron chi connectivity index (χ4n) is 2.93. The summed E-state index contributed by atoms with van der Waals surface area (Å²) in [5, 5.41) is 4.41. The van der Waals surface area contributed by atoms with E-state index in [1.807, 2.05) is 31.2 Å². The van der Waals surface area contributed by atoms with Crippen LogP contribution in [0.4, 0.5) is 0 Å². The molecule has 8 nitrogen and oxygen atoms in total. The van der Waals surface area contributed by atoms with Crippen LogP contribution in [0, 0.1) is 0 Å². The fourth-order valence-corrected chi connectivity index (χ4v) is 4.06. The first-order valence-electron chi connectivity index (χ1n) is 10.6. The van der Waals surface area contributed by atoms with E-state index in [9.17, 15) is 9.59 Å². The Morgan fingerprint density at radius 3 is 2.46 bits per heavy atom. The minimum atomic E-state index is -0.474. The van der Waals surface area contributed by atoms with Crippen LogP contribution in [0.2, 0.25) is 0 Å². The molecule has 184 valence electrons. The van der Waals surface area contributed by atoms with Crippen LogP contribution in [0.15, 0.2) is 63.5 Å². The number of ether oxygens (including phenoxy) is 3. The quantitative estimate of drug-likeness (QED) is 0.183. The molecule has 2 amide bonds. The van der Waals surface area contributed by atoms with Crippen LogP contribution in [-0.2, 0) is 9.53 Å². The number of rotatable bonds is 9. The summed E-state index contributed by atoms with van der Waals surface area (Å²) >= 11 is 12.0. The van der Waals surface area contributed by atoms with Crippen LogP contribution in [0.3, 0.4) is 0 Å². The van der Waals surface area contributed by atoms with E-state index in [4.69, 9.17) is 26.4 Å². The Morgan fingerprint density at radius 1 is 0.943 bits per heavy atom. The second kappa shape index (κ2) is 13.4. The van der Waals surface area contributed by atoms with Gasteiger partial charge in [0.1, 0.15) is 18.1 Å². The minimum absolute atomic E-state index is 0.0575. The van der Waals surface area contributed by atoms with Crippen LogP contribution in [0.1, 0.15) is 17.3 Å². The summed E-state index contributed by atoms with van der Waals surface area (Å²) in [4.78, 5) is 24.5. The number of benzene rings is 3. The largest absolute Gasteiger partial charge is 0.491 e. The first kappa shape index (κ1) is 26.9. The molecule has 0 radical (unpaired) electrons. The second-order valence-electron chi connectivity index (χ2n) is 7.06. The van der Waals surface area contributed by atoms with E-state index < -0.39 is 11.8 Å². The summed E-state index contributed by atoms with van der Waals surface area (Å²) in [5.74, 6) is 0.245. The zero-order valence-electron chi connectivity index (χ0n) is 18.7. The first-order chi connectivity index (χ1) is 16.9. The number of nitrogens with one attached hydrogen (secondary N) is 3. The van der Waals surface area contributed by atoms with E-state index in [-0.39, 0.29) is 11.7 Å². The van der Waals surface area contributed by atoms with Crippen molar-refractivity contribution in [1.82, 2.24) is 16.2 Å². The zero-order chi connectivity index (χ0) is 25.2. The second-order valence-corrected chi connectivity index (χ2v) is 9.17. The van der Waals surface area contributed by atoms with Crippen molar-refractivity contribution < 1.29 is 23.8 Å². The topological polar surface area (TPSA) is 97.9 Å². The molecule has 0 aromatic heterocycles. The number of hydrogen-bond acceptors (Lipinski definition) is 6. The van der Waals surface area contributed by atoms with Crippen molar-refractivity contribution in [1.29, 1.82) is 0 Å². The van der Waals surface area contributed by atoms with Crippen molar-refractivity contribution in [3.63, 3.8) is 0 Å². The standard InChI is InChI=1S/C24H23Br2N3O5S/c1-2-32-11-12-33-18-7-3-15(4-8-18)23(31)27-24(35)29-28-21(30)14-34-20-10-5-16-13-17(25)6-9-19(16)22(20)26/h3-10,13H,2,11-12,14H2,1H3,(H,28,30)(H2,27,29,31,35). The highest BCUT2D eigenvalue weighted by Gasteiger charge is 2.11. The Kier molecular flexibility index (Phi) is 10.3. The molecule has 0 saturated heterocycles. The number of carbonyl (C=O) groups is 2. The number of amides is 2. The number of carbonyl (C=O) groups excluding carboxylic acids is 2. The average molecular weight is 625 g/mol. The van der Waals surface area contributed by atoms with Crippen molar-refractivity contribution in [3.05, 3.63) is 69.1 Å². The highest BCUT2D eigenvalue weighted by atomic mass is 79.9. The summed E-state index contributed by atoms with van der Waals surface area (Å²) in [6, 6.07) is 16.1. The smallest absolute Gasteiger partial charge is 0.276 e. The van der Waals surface area contributed by atoms with E-state index in [2.05, 4.69) is 48.0 Å². The van der Waals surface area contributed by atoms with Gasteiger partial charge in [0.25, 0.3) is 11.8 Å². The molecule has 0 atom stereocenters. The van der Waals surface area contributed by atoms with Crippen LogP contribution >= 0.6 is 44.1 Å². The molecule has 0 aliphatic heterocycles. The van der Waals surface area contributed by atoms with Crippen molar-refractivity contribution in [3.8, 4) is 11.5 Å². The third kappa shape index (κ3) is 8.17. The van der Waals surface area contributed by atoms with Gasteiger partial charge >= 0.3 is 0 Å². The Hall–Kier alpha value is -2.73. The number of hydrogen-bond donors (Lipinski definition) is 3. The molecule has 0 fully saturated rings. The predicted octanol–water partition coefficient (Wildman–Crippen LogP) is 4.49. The van der Waals surface area contributed by atoms with E-state index in [0.717, 1.165) is 19.7 Å². The Morgan fingerprint density at radius 2 is 1.71 bits per heavy atom. The van der Waals surface area contributed by atoms with Gasteiger partial charge in [-0.1, -0.05) is 28.1 Å². The third-order valence-corrected chi connectivity index (χ3v) is 6.11. The van der Waals surface area contributed by atoms with Gasteiger partial charge in [0.2, 0.25) is 0 Å². The predicted molar refractivity (Wildman–Crippen MR) is 145 cm³/mol. The van der Waals surface area contributed by atoms with E-state index in [0.29, 0.717) is 36.9 Å². The Balaban J connectivity index is 1.42. The molecule has 3 aromatic carbocycles. The Bertz CT molecular complexity index is 1210. The molecule has 0 aliphatic carbocycles. The van der Waals surface area contributed by atoms with Crippen LogP contribution in [0.5, 0.6) is 11.5 Å². The molecule has 35 heavy (non-hydrogen) atoms. The molecule has 0 bridgehead atoms. The van der Waals surface area contributed by atoms with Gasteiger partial charge in [0.15, 0.2) is 11.7 Å². The molecular formula is C24H23Br2N3O5S. The van der Waals surface area contributed by atoms with Gasteiger partial charge in [-0.25, -0.2) is 0 Å². The van der Waals surface area contributed by atoms with Gasteiger partial charge in [-0.05, 0) is 88.3 Å². The van der Waals surface area contributed by atoms with E-state index >= 15 is 0 Å². The molecule has 0 saturated carbocycles. The number of halogens is 2. The molecule has 0 heterocycles. The van der Waals surface area contributed by atoms with E-state index in [1.54, 1.807) is 30.3 Å². The Labute approximate surface area is 224 Å².